The quantitative estimate of drug-likeness (QED) is 0.720. The summed E-state index contributed by atoms with van der Waals surface area (Å²) in [5.41, 5.74) is 1.47. The van der Waals surface area contributed by atoms with E-state index in [1.807, 2.05) is 4.57 Å². The van der Waals surface area contributed by atoms with Crippen molar-refractivity contribution in [2.24, 2.45) is 11.8 Å². The van der Waals surface area contributed by atoms with Gasteiger partial charge in [0.05, 0.1) is 24.5 Å². The van der Waals surface area contributed by atoms with Crippen LogP contribution < -0.4 is 10.6 Å². The molecule has 1 saturated carbocycles. The topological polar surface area (TPSA) is 85.2 Å². The summed E-state index contributed by atoms with van der Waals surface area (Å²) in [6, 6.07) is 0. The zero-order chi connectivity index (χ0) is 16.9. The molecule has 132 valence electrons. The highest BCUT2D eigenvalue weighted by molar-refractivity contribution is 5.93. The average molecular weight is 334 g/mol. The summed E-state index contributed by atoms with van der Waals surface area (Å²) in [5.74, 6) is 0.517. The van der Waals surface area contributed by atoms with Crippen molar-refractivity contribution < 1.29 is 14.3 Å². The Bertz CT molecular complexity index is 595. The molecular weight excluding hydrogens is 308 g/mol. The van der Waals surface area contributed by atoms with Gasteiger partial charge in [-0.2, -0.15) is 0 Å². The number of carbonyl (C=O) groups is 2. The van der Waals surface area contributed by atoms with Crippen LogP contribution in [0.2, 0.25) is 0 Å². The van der Waals surface area contributed by atoms with E-state index in [0.717, 1.165) is 18.7 Å². The molecule has 1 atom stereocenters. The summed E-state index contributed by atoms with van der Waals surface area (Å²) in [7, 11) is 1.61. The second-order valence-electron chi connectivity index (χ2n) is 6.72. The smallest absolute Gasteiger partial charge is 0.271 e. The van der Waals surface area contributed by atoms with E-state index in [-0.39, 0.29) is 17.7 Å². The molecule has 0 radical (unpaired) electrons. The predicted octanol–water partition coefficient (Wildman–Crippen LogP) is 0.738. The summed E-state index contributed by atoms with van der Waals surface area (Å²) in [6.45, 7) is 2.37. The van der Waals surface area contributed by atoms with Crippen LogP contribution in [0.5, 0.6) is 0 Å². The van der Waals surface area contributed by atoms with Crippen molar-refractivity contribution >= 4 is 11.8 Å². The number of aromatic nitrogens is 2. The molecule has 1 aromatic heterocycles. The lowest BCUT2D eigenvalue weighted by Crippen LogP contribution is -2.38. The zero-order valence-electron chi connectivity index (χ0n) is 14.2. The monoisotopic (exact) mass is 334 g/mol. The maximum atomic E-state index is 12.3. The third-order valence-corrected chi connectivity index (χ3v) is 5.06. The number of rotatable bonds is 7. The first-order chi connectivity index (χ1) is 11.7. The first-order valence-corrected chi connectivity index (χ1v) is 8.78. The number of fused-ring (bicyclic) bond motifs is 1. The Morgan fingerprint density at radius 2 is 2.17 bits per heavy atom. The standard InChI is InChI=1S/C17H26N4O3/c1-24-8-7-18-16(22)13-5-6-14-15(20-11-21(14)10-13)17(23)19-9-12-3-2-4-12/h11-13H,2-10H2,1H3,(H,18,22)(H,19,23). The minimum absolute atomic E-state index is 0.0439. The molecule has 0 saturated heterocycles. The van der Waals surface area contributed by atoms with E-state index in [0.29, 0.717) is 37.7 Å². The number of hydrogen-bond acceptors (Lipinski definition) is 4. The molecule has 2 amide bonds. The van der Waals surface area contributed by atoms with Crippen LogP contribution in [0.1, 0.15) is 41.9 Å². The Balaban J connectivity index is 1.55. The van der Waals surface area contributed by atoms with Gasteiger partial charge in [0.1, 0.15) is 5.69 Å². The van der Waals surface area contributed by atoms with Crippen LogP contribution in [0.15, 0.2) is 6.33 Å². The van der Waals surface area contributed by atoms with Gasteiger partial charge in [-0.3, -0.25) is 9.59 Å². The molecule has 1 aliphatic carbocycles. The Morgan fingerprint density at radius 3 is 2.88 bits per heavy atom. The largest absolute Gasteiger partial charge is 0.383 e. The van der Waals surface area contributed by atoms with Gasteiger partial charge < -0.3 is 19.9 Å². The van der Waals surface area contributed by atoms with Crippen LogP contribution in [-0.4, -0.2) is 48.2 Å². The molecule has 7 heteroatoms. The molecule has 1 fully saturated rings. The summed E-state index contributed by atoms with van der Waals surface area (Å²) >= 11 is 0. The fourth-order valence-corrected chi connectivity index (χ4v) is 3.31. The number of amides is 2. The van der Waals surface area contributed by atoms with Gasteiger partial charge in [-0.05, 0) is 31.6 Å². The van der Waals surface area contributed by atoms with Crippen molar-refractivity contribution in [1.82, 2.24) is 20.2 Å². The van der Waals surface area contributed by atoms with Crippen molar-refractivity contribution in [1.29, 1.82) is 0 Å². The number of imidazole rings is 1. The molecule has 1 unspecified atom stereocenters. The second-order valence-corrected chi connectivity index (χ2v) is 6.72. The molecule has 1 aliphatic heterocycles. The fourth-order valence-electron chi connectivity index (χ4n) is 3.31. The molecule has 0 spiro atoms. The highest BCUT2D eigenvalue weighted by atomic mass is 16.5. The Kier molecular flexibility index (Phi) is 5.50. The Labute approximate surface area is 142 Å². The average Bonchev–Trinajstić information content (AvgIpc) is 2.96. The second kappa shape index (κ2) is 7.79. The van der Waals surface area contributed by atoms with E-state index in [4.69, 9.17) is 4.74 Å². The van der Waals surface area contributed by atoms with E-state index >= 15 is 0 Å². The summed E-state index contributed by atoms with van der Waals surface area (Å²) < 4.78 is 6.89. The lowest BCUT2D eigenvalue weighted by molar-refractivity contribution is -0.126. The van der Waals surface area contributed by atoms with Crippen molar-refractivity contribution in [2.75, 3.05) is 26.8 Å². The maximum Gasteiger partial charge on any atom is 0.271 e. The number of methoxy groups -OCH3 is 1. The van der Waals surface area contributed by atoms with Crippen LogP contribution in [0, 0.1) is 11.8 Å². The van der Waals surface area contributed by atoms with Crippen molar-refractivity contribution in [3.8, 4) is 0 Å². The predicted molar refractivity (Wildman–Crippen MR) is 88.6 cm³/mol. The summed E-state index contributed by atoms with van der Waals surface area (Å²) in [5, 5.41) is 5.88. The van der Waals surface area contributed by atoms with E-state index in [1.165, 1.54) is 19.3 Å². The molecular formula is C17H26N4O3. The first-order valence-electron chi connectivity index (χ1n) is 8.78. The molecule has 3 rings (SSSR count). The van der Waals surface area contributed by atoms with E-state index in [9.17, 15) is 9.59 Å². The maximum absolute atomic E-state index is 12.3. The van der Waals surface area contributed by atoms with Gasteiger partial charge in [0.25, 0.3) is 5.91 Å². The van der Waals surface area contributed by atoms with Gasteiger partial charge in [-0.15, -0.1) is 0 Å². The highest BCUT2D eigenvalue weighted by Crippen LogP contribution is 2.26. The summed E-state index contributed by atoms with van der Waals surface area (Å²) in [6.07, 6.45) is 6.82. The van der Waals surface area contributed by atoms with Gasteiger partial charge in [0.2, 0.25) is 5.91 Å². The van der Waals surface area contributed by atoms with Gasteiger partial charge in [0.15, 0.2) is 0 Å². The fraction of sp³-hybridized carbons (Fsp3) is 0.706. The first kappa shape index (κ1) is 17.0. The van der Waals surface area contributed by atoms with Crippen LogP contribution in [0.25, 0.3) is 0 Å². The Morgan fingerprint density at radius 1 is 1.33 bits per heavy atom. The molecule has 7 nitrogen and oxygen atoms in total. The molecule has 2 aliphatic rings. The van der Waals surface area contributed by atoms with E-state index < -0.39 is 0 Å². The summed E-state index contributed by atoms with van der Waals surface area (Å²) in [4.78, 5) is 28.8. The highest BCUT2D eigenvalue weighted by Gasteiger charge is 2.28. The molecule has 0 bridgehead atoms. The third-order valence-electron chi connectivity index (χ3n) is 5.06. The van der Waals surface area contributed by atoms with Crippen LogP contribution in [0.4, 0.5) is 0 Å². The van der Waals surface area contributed by atoms with E-state index in [2.05, 4.69) is 15.6 Å². The lowest BCUT2D eigenvalue weighted by Gasteiger charge is -2.26. The van der Waals surface area contributed by atoms with Crippen molar-refractivity contribution in [2.45, 2.75) is 38.6 Å². The molecule has 1 aromatic rings. The minimum Gasteiger partial charge on any atom is -0.383 e. The molecule has 2 heterocycles. The normalized spacial score (nSPS) is 20.1. The molecule has 0 aromatic carbocycles. The number of nitrogens with zero attached hydrogens (tertiary/aromatic N) is 2. The van der Waals surface area contributed by atoms with Crippen molar-refractivity contribution in [3.05, 3.63) is 17.7 Å². The minimum atomic E-state index is -0.0846. The molecule has 2 N–H and O–H groups in total. The Hall–Kier alpha value is -1.89. The number of nitrogens with one attached hydrogen (secondary N) is 2. The van der Waals surface area contributed by atoms with Gasteiger partial charge >= 0.3 is 0 Å². The van der Waals surface area contributed by atoms with Crippen molar-refractivity contribution in [3.63, 3.8) is 0 Å². The van der Waals surface area contributed by atoms with Gasteiger partial charge in [-0.1, -0.05) is 6.42 Å². The molecule has 24 heavy (non-hydrogen) atoms. The van der Waals surface area contributed by atoms with Crippen LogP contribution in [-0.2, 0) is 22.5 Å². The number of ether oxygens (including phenoxy) is 1. The van der Waals surface area contributed by atoms with Gasteiger partial charge in [0, 0.05) is 26.7 Å². The number of carbonyl (C=O) groups excluding carboxylic acids is 2. The zero-order valence-corrected chi connectivity index (χ0v) is 14.2. The third kappa shape index (κ3) is 3.77. The van der Waals surface area contributed by atoms with Crippen LogP contribution in [0.3, 0.4) is 0 Å². The lowest BCUT2D eigenvalue weighted by atomic mass is 9.85. The SMILES string of the molecule is COCCNC(=O)C1CCc2c(C(=O)NCC3CCC3)ncn2C1. The van der Waals surface area contributed by atoms with Crippen LogP contribution >= 0.6 is 0 Å². The van der Waals surface area contributed by atoms with Gasteiger partial charge in [-0.25, -0.2) is 4.98 Å². The van der Waals surface area contributed by atoms with E-state index in [1.54, 1.807) is 13.4 Å². The number of hydrogen-bond donors (Lipinski definition) is 2.